The van der Waals surface area contributed by atoms with Crippen LogP contribution in [-0.2, 0) is 0 Å². The van der Waals surface area contributed by atoms with Crippen molar-refractivity contribution in [1.82, 2.24) is 20.2 Å². The lowest BCUT2D eigenvalue weighted by Gasteiger charge is -2.29. The van der Waals surface area contributed by atoms with E-state index in [0.717, 1.165) is 55.9 Å². The Kier molecular flexibility index (Phi) is 4.87. The van der Waals surface area contributed by atoms with Gasteiger partial charge in [0.25, 0.3) is 0 Å². The number of fused-ring (bicyclic) bond motifs is 1. The predicted molar refractivity (Wildman–Crippen MR) is 100 cm³/mol. The van der Waals surface area contributed by atoms with Gasteiger partial charge in [-0.1, -0.05) is 0 Å². The first-order valence-corrected chi connectivity index (χ1v) is 9.25. The molecule has 2 aliphatic heterocycles. The van der Waals surface area contributed by atoms with Gasteiger partial charge < -0.3 is 19.9 Å². The summed E-state index contributed by atoms with van der Waals surface area (Å²) in [6.07, 6.45) is 2.37. The molecule has 0 amide bonds. The van der Waals surface area contributed by atoms with Gasteiger partial charge in [-0.2, -0.15) is 15.2 Å². The Bertz CT molecular complexity index is 827. The topological polar surface area (TPSA) is 77.3 Å². The average Bonchev–Trinajstić information content (AvgIpc) is 3.10. The number of nitriles is 1. The van der Waals surface area contributed by atoms with Crippen molar-refractivity contribution in [3.8, 4) is 12.1 Å². The molecule has 0 bridgehead atoms. The maximum absolute atomic E-state index is 9.24. The van der Waals surface area contributed by atoms with Gasteiger partial charge in [0.05, 0.1) is 17.1 Å². The maximum Gasteiger partial charge on any atom is 0.319 e. The number of piperazine rings is 1. The Morgan fingerprint density at radius 1 is 1.27 bits per heavy atom. The number of likely N-dealkylation sites (N-methyl/N-ethyl adjacent to an activating group) is 1. The van der Waals surface area contributed by atoms with E-state index in [1.54, 1.807) is 6.07 Å². The molecular weight excluding hydrogens is 328 g/mol. The molecule has 2 saturated heterocycles. The van der Waals surface area contributed by atoms with E-state index in [1.165, 1.54) is 6.42 Å². The van der Waals surface area contributed by atoms with E-state index in [0.29, 0.717) is 24.2 Å². The van der Waals surface area contributed by atoms with Crippen molar-refractivity contribution in [3.63, 3.8) is 0 Å². The van der Waals surface area contributed by atoms with E-state index in [2.05, 4.69) is 33.2 Å². The van der Waals surface area contributed by atoms with E-state index in [-0.39, 0.29) is 0 Å². The molecule has 26 heavy (non-hydrogen) atoms. The van der Waals surface area contributed by atoms with Gasteiger partial charge >= 0.3 is 6.01 Å². The summed E-state index contributed by atoms with van der Waals surface area (Å²) in [7, 11) is 2.14. The largest absolute Gasteiger partial charge is 0.462 e. The molecule has 7 nitrogen and oxygen atoms in total. The minimum atomic E-state index is 0.427. The van der Waals surface area contributed by atoms with E-state index in [9.17, 15) is 5.26 Å². The molecule has 0 unspecified atom stereocenters. The van der Waals surface area contributed by atoms with Crippen LogP contribution in [0.5, 0.6) is 6.01 Å². The normalized spacial score (nSPS) is 21.1. The molecule has 1 N–H and O–H groups in total. The molecule has 3 heterocycles. The minimum absolute atomic E-state index is 0.427. The van der Waals surface area contributed by atoms with Crippen LogP contribution in [0.2, 0.25) is 0 Å². The molecular formula is C19H24N6O. The zero-order chi connectivity index (χ0) is 17.9. The Labute approximate surface area is 153 Å². The summed E-state index contributed by atoms with van der Waals surface area (Å²) >= 11 is 0. The van der Waals surface area contributed by atoms with E-state index in [4.69, 9.17) is 9.72 Å². The monoisotopic (exact) mass is 352 g/mol. The molecule has 1 atom stereocenters. The molecule has 7 heteroatoms. The van der Waals surface area contributed by atoms with E-state index in [1.807, 2.05) is 12.1 Å². The second-order valence-corrected chi connectivity index (χ2v) is 7.00. The zero-order valence-corrected chi connectivity index (χ0v) is 15.1. The number of hydrogen-bond donors (Lipinski definition) is 1. The smallest absolute Gasteiger partial charge is 0.319 e. The number of hydrogen-bond acceptors (Lipinski definition) is 7. The van der Waals surface area contributed by atoms with Gasteiger partial charge in [0.2, 0.25) is 0 Å². The first kappa shape index (κ1) is 17.0. The highest BCUT2D eigenvalue weighted by Crippen LogP contribution is 2.28. The number of likely N-dealkylation sites (tertiary alicyclic amines) is 1. The summed E-state index contributed by atoms with van der Waals surface area (Å²) < 4.78 is 5.99. The molecule has 0 radical (unpaired) electrons. The fraction of sp³-hybridized carbons (Fsp3) is 0.526. The highest BCUT2D eigenvalue weighted by Gasteiger charge is 2.23. The summed E-state index contributed by atoms with van der Waals surface area (Å²) in [5, 5.41) is 13.5. The van der Waals surface area contributed by atoms with Crippen molar-refractivity contribution in [3.05, 3.63) is 23.8 Å². The standard InChI is InChI=1S/C19H24N6O/c1-24-8-2-3-15(24)13-26-19-22-17-5-4-14(12-20)11-16(17)18(23-19)25-9-6-21-7-10-25/h4-5,11,15,21H,2-3,6-10,13H2,1H3/t15-/m0/s1. The third-order valence-corrected chi connectivity index (χ3v) is 5.28. The van der Waals surface area contributed by atoms with Crippen molar-refractivity contribution in [1.29, 1.82) is 5.26 Å². The van der Waals surface area contributed by atoms with Crippen LogP contribution in [-0.4, -0.2) is 67.3 Å². The summed E-state index contributed by atoms with van der Waals surface area (Å²) in [5.41, 5.74) is 1.45. The van der Waals surface area contributed by atoms with Crippen LogP contribution >= 0.6 is 0 Å². The molecule has 2 aliphatic rings. The first-order chi connectivity index (χ1) is 12.7. The SMILES string of the molecule is CN1CCC[C@H]1COc1nc(N2CCNCC2)c2cc(C#N)ccc2n1. The van der Waals surface area contributed by atoms with Gasteiger partial charge in [-0.25, -0.2) is 0 Å². The summed E-state index contributed by atoms with van der Waals surface area (Å²) in [5.74, 6) is 0.864. The Balaban J connectivity index is 1.66. The molecule has 0 spiro atoms. The van der Waals surface area contributed by atoms with Crippen LogP contribution in [0, 0.1) is 11.3 Å². The molecule has 0 aliphatic carbocycles. The van der Waals surface area contributed by atoms with E-state index < -0.39 is 0 Å². The van der Waals surface area contributed by atoms with E-state index >= 15 is 0 Å². The summed E-state index contributed by atoms with van der Waals surface area (Å²) in [6, 6.07) is 8.62. The lowest BCUT2D eigenvalue weighted by Crippen LogP contribution is -2.44. The van der Waals surface area contributed by atoms with Crippen molar-refractivity contribution >= 4 is 16.7 Å². The van der Waals surface area contributed by atoms with Gasteiger partial charge in [-0.15, -0.1) is 0 Å². The van der Waals surface area contributed by atoms with Gasteiger partial charge in [-0.3, -0.25) is 0 Å². The Morgan fingerprint density at radius 3 is 2.85 bits per heavy atom. The van der Waals surface area contributed by atoms with Crippen molar-refractivity contribution in [2.45, 2.75) is 18.9 Å². The minimum Gasteiger partial charge on any atom is -0.462 e. The quantitative estimate of drug-likeness (QED) is 0.891. The number of aromatic nitrogens is 2. The molecule has 136 valence electrons. The Hall–Kier alpha value is -2.43. The summed E-state index contributed by atoms with van der Waals surface area (Å²) in [4.78, 5) is 13.9. The van der Waals surface area contributed by atoms with Gasteiger partial charge in [0.1, 0.15) is 12.4 Å². The lowest BCUT2D eigenvalue weighted by atomic mass is 10.1. The summed E-state index contributed by atoms with van der Waals surface area (Å²) in [6.45, 7) is 5.34. The maximum atomic E-state index is 9.24. The number of ether oxygens (including phenoxy) is 1. The molecule has 4 rings (SSSR count). The highest BCUT2D eigenvalue weighted by atomic mass is 16.5. The number of nitrogens with zero attached hydrogens (tertiary/aromatic N) is 5. The fourth-order valence-electron chi connectivity index (χ4n) is 3.70. The van der Waals surface area contributed by atoms with Gasteiger partial charge in [0, 0.05) is 37.6 Å². The average molecular weight is 352 g/mol. The van der Waals surface area contributed by atoms with Crippen LogP contribution in [0.25, 0.3) is 10.9 Å². The predicted octanol–water partition coefficient (Wildman–Crippen LogP) is 1.38. The molecule has 0 saturated carbocycles. The van der Waals surface area contributed by atoms with Crippen LogP contribution < -0.4 is 15.0 Å². The number of rotatable bonds is 4. The fourth-order valence-corrected chi connectivity index (χ4v) is 3.70. The van der Waals surface area contributed by atoms with Crippen LogP contribution in [0.1, 0.15) is 18.4 Å². The molecule has 2 fully saturated rings. The van der Waals surface area contributed by atoms with Gasteiger partial charge in [-0.05, 0) is 44.6 Å². The van der Waals surface area contributed by atoms with Crippen LogP contribution in [0.3, 0.4) is 0 Å². The van der Waals surface area contributed by atoms with Crippen molar-refractivity contribution in [2.75, 3.05) is 51.3 Å². The van der Waals surface area contributed by atoms with Crippen molar-refractivity contribution < 1.29 is 4.74 Å². The second-order valence-electron chi connectivity index (χ2n) is 7.00. The number of benzene rings is 1. The molecule has 1 aromatic heterocycles. The zero-order valence-electron chi connectivity index (χ0n) is 15.1. The number of nitrogens with one attached hydrogen (secondary N) is 1. The Morgan fingerprint density at radius 2 is 2.12 bits per heavy atom. The van der Waals surface area contributed by atoms with Gasteiger partial charge in [0.15, 0.2) is 0 Å². The molecule has 1 aromatic carbocycles. The second kappa shape index (κ2) is 7.44. The van der Waals surface area contributed by atoms with Crippen LogP contribution in [0.15, 0.2) is 18.2 Å². The molecule has 2 aromatic rings. The highest BCUT2D eigenvalue weighted by molar-refractivity contribution is 5.91. The van der Waals surface area contributed by atoms with Crippen LogP contribution in [0.4, 0.5) is 5.82 Å². The number of anilines is 1. The third-order valence-electron chi connectivity index (χ3n) is 5.28. The third kappa shape index (κ3) is 3.43. The lowest BCUT2D eigenvalue weighted by molar-refractivity contribution is 0.188. The van der Waals surface area contributed by atoms with Crippen molar-refractivity contribution in [2.24, 2.45) is 0 Å². The first-order valence-electron chi connectivity index (χ1n) is 9.25.